The Labute approximate surface area is 231 Å². The van der Waals surface area contributed by atoms with Crippen LogP contribution in [0, 0.1) is 0 Å². The molecule has 0 atom stereocenters. The quantitative estimate of drug-likeness (QED) is 0.321. The molecule has 2 heterocycles. The summed E-state index contributed by atoms with van der Waals surface area (Å²) >= 11 is 16.6. The standard InChI is InChI=1S/C25H23BrCl2N2O5S/c1-2-34-20-9-16(18(26)12-21(20)35-14-15-5-6-17(27)11-19(15)28)10-22-24(32)30(25(33)36-22)13-23(31)29-7-3-4-8-29/h5-6,9-12H,2-4,7-8,13-14H2,1H3/b22-10+. The van der Waals surface area contributed by atoms with Crippen molar-refractivity contribution in [2.75, 3.05) is 26.2 Å². The first-order chi connectivity index (χ1) is 17.3. The fraction of sp³-hybridized carbons (Fsp3) is 0.320. The van der Waals surface area contributed by atoms with Crippen molar-refractivity contribution in [1.29, 1.82) is 0 Å². The minimum absolute atomic E-state index is 0.200. The zero-order valence-corrected chi connectivity index (χ0v) is 23.3. The summed E-state index contributed by atoms with van der Waals surface area (Å²) in [6.07, 6.45) is 3.49. The largest absolute Gasteiger partial charge is 0.490 e. The van der Waals surface area contributed by atoms with E-state index in [-0.39, 0.29) is 24.0 Å². The third kappa shape index (κ3) is 6.19. The van der Waals surface area contributed by atoms with Gasteiger partial charge < -0.3 is 14.4 Å². The minimum atomic E-state index is -0.486. The third-order valence-electron chi connectivity index (χ3n) is 5.67. The van der Waals surface area contributed by atoms with Gasteiger partial charge in [-0.15, -0.1) is 0 Å². The van der Waals surface area contributed by atoms with Gasteiger partial charge in [-0.2, -0.15) is 0 Å². The number of hydrogen-bond acceptors (Lipinski definition) is 6. The summed E-state index contributed by atoms with van der Waals surface area (Å²) in [6, 6.07) is 8.65. The molecule has 190 valence electrons. The van der Waals surface area contributed by atoms with Crippen molar-refractivity contribution in [2.24, 2.45) is 0 Å². The van der Waals surface area contributed by atoms with Gasteiger partial charge in [0.15, 0.2) is 11.5 Å². The molecule has 2 aliphatic heterocycles. The lowest BCUT2D eigenvalue weighted by atomic mass is 10.1. The molecule has 2 aliphatic rings. The lowest BCUT2D eigenvalue weighted by Crippen LogP contribution is -2.40. The average Bonchev–Trinajstić information content (AvgIpc) is 3.46. The van der Waals surface area contributed by atoms with Crippen LogP contribution in [0.1, 0.15) is 30.9 Å². The molecular weight excluding hydrogens is 591 g/mol. The molecule has 2 fully saturated rings. The molecule has 3 amide bonds. The highest BCUT2D eigenvalue weighted by Crippen LogP contribution is 2.39. The van der Waals surface area contributed by atoms with Crippen molar-refractivity contribution in [1.82, 2.24) is 9.80 Å². The Kier molecular flexibility index (Phi) is 8.87. The molecule has 2 saturated heterocycles. The number of hydrogen-bond donors (Lipinski definition) is 0. The van der Waals surface area contributed by atoms with Crippen LogP contribution < -0.4 is 9.47 Å². The van der Waals surface area contributed by atoms with Crippen LogP contribution in [0.15, 0.2) is 39.7 Å². The van der Waals surface area contributed by atoms with Crippen LogP contribution in [0.4, 0.5) is 4.79 Å². The van der Waals surface area contributed by atoms with Crippen LogP contribution in [0.3, 0.4) is 0 Å². The Morgan fingerprint density at radius 3 is 2.53 bits per heavy atom. The number of imide groups is 1. The van der Waals surface area contributed by atoms with Gasteiger partial charge in [-0.1, -0.05) is 45.2 Å². The molecule has 36 heavy (non-hydrogen) atoms. The third-order valence-corrected chi connectivity index (χ3v) is 7.85. The maximum absolute atomic E-state index is 12.9. The Balaban J connectivity index is 1.52. The normalized spacial score (nSPS) is 16.8. The smallest absolute Gasteiger partial charge is 0.294 e. The van der Waals surface area contributed by atoms with E-state index in [1.807, 2.05) is 6.92 Å². The molecule has 0 radical (unpaired) electrons. The van der Waals surface area contributed by atoms with Crippen LogP contribution in [0.2, 0.25) is 10.0 Å². The predicted molar refractivity (Wildman–Crippen MR) is 145 cm³/mol. The van der Waals surface area contributed by atoms with Crippen LogP contribution in [0.25, 0.3) is 6.08 Å². The number of benzene rings is 2. The summed E-state index contributed by atoms with van der Waals surface area (Å²) < 4.78 is 12.4. The monoisotopic (exact) mass is 612 g/mol. The SMILES string of the molecule is CCOc1cc(/C=C2/SC(=O)N(CC(=O)N3CCCC3)C2=O)c(Br)cc1OCc1ccc(Cl)cc1Cl. The molecule has 4 rings (SSSR count). The lowest BCUT2D eigenvalue weighted by molar-refractivity contribution is -0.135. The van der Waals surface area contributed by atoms with Crippen LogP contribution in [-0.4, -0.2) is 53.1 Å². The first kappa shape index (κ1) is 26.9. The van der Waals surface area contributed by atoms with Gasteiger partial charge in [0.25, 0.3) is 11.1 Å². The number of likely N-dealkylation sites (tertiary alicyclic amines) is 1. The van der Waals surface area contributed by atoms with E-state index in [1.165, 1.54) is 0 Å². The zero-order chi connectivity index (χ0) is 25.8. The van der Waals surface area contributed by atoms with Crippen molar-refractivity contribution in [2.45, 2.75) is 26.4 Å². The lowest BCUT2D eigenvalue weighted by Gasteiger charge is -2.18. The molecule has 0 bridgehead atoms. The summed E-state index contributed by atoms with van der Waals surface area (Å²) in [7, 11) is 0. The summed E-state index contributed by atoms with van der Waals surface area (Å²) in [5, 5.41) is 0.575. The first-order valence-electron chi connectivity index (χ1n) is 11.3. The molecule has 0 aromatic heterocycles. The summed E-state index contributed by atoms with van der Waals surface area (Å²) in [5.74, 6) is 0.259. The average molecular weight is 614 g/mol. The fourth-order valence-electron chi connectivity index (χ4n) is 3.82. The van der Waals surface area contributed by atoms with Gasteiger partial charge in [-0.3, -0.25) is 19.3 Å². The molecular formula is C25H23BrCl2N2O5S. The number of nitrogens with zero attached hydrogens (tertiary/aromatic N) is 2. The van der Waals surface area contributed by atoms with E-state index in [0.717, 1.165) is 35.1 Å². The van der Waals surface area contributed by atoms with Crippen LogP contribution >= 0.6 is 50.9 Å². The Bertz CT molecular complexity index is 1230. The van der Waals surface area contributed by atoms with Gasteiger partial charge >= 0.3 is 0 Å². The van der Waals surface area contributed by atoms with Crippen molar-refractivity contribution < 1.29 is 23.9 Å². The van der Waals surface area contributed by atoms with E-state index in [2.05, 4.69) is 15.9 Å². The molecule has 0 aliphatic carbocycles. The molecule has 2 aromatic rings. The van der Waals surface area contributed by atoms with E-state index in [1.54, 1.807) is 41.3 Å². The summed E-state index contributed by atoms with van der Waals surface area (Å²) in [4.78, 5) is 40.8. The van der Waals surface area contributed by atoms with Gasteiger partial charge in [-0.25, -0.2) is 0 Å². The molecule has 0 N–H and O–H groups in total. The Morgan fingerprint density at radius 1 is 1.11 bits per heavy atom. The second-order valence-corrected chi connectivity index (χ2v) is 10.8. The molecule has 0 unspecified atom stereocenters. The topological polar surface area (TPSA) is 76.2 Å². The molecule has 11 heteroatoms. The van der Waals surface area contributed by atoms with Crippen LogP contribution in [0.5, 0.6) is 11.5 Å². The number of thioether (sulfide) groups is 1. The highest BCUT2D eigenvalue weighted by molar-refractivity contribution is 9.10. The van der Waals surface area contributed by atoms with Crippen LogP contribution in [-0.2, 0) is 16.2 Å². The first-order valence-corrected chi connectivity index (χ1v) is 13.7. The van der Waals surface area contributed by atoms with E-state index in [0.29, 0.717) is 51.3 Å². The second-order valence-electron chi connectivity index (χ2n) is 8.13. The van der Waals surface area contributed by atoms with Crippen molar-refractivity contribution >= 4 is 74.0 Å². The number of carbonyl (C=O) groups excluding carboxylic acids is 3. The second kappa shape index (κ2) is 11.9. The maximum Gasteiger partial charge on any atom is 0.294 e. The van der Waals surface area contributed by atoms with E-state index in [4.69, 9.17) is 32.7 Å². The highest BCUT2D eigenvalue weighted by atomic mass is 79.9. The van der Waals surface area contributed by atoms with Gasteiger partial charge in [0.2, 0.25) is 5.91 Å². The number of amides is 3. The van der Waals surface area contributed by atoms with E-state index in [9.17, 15) is 14.4 Å². The highest BCUT2D eigenvalue weighted by Gasteiger charge is 2.37. The fourth-order valence-corrected chi connectivity index (χ4v) is 5.55. The van der Waals surface area contributed by atoms with Crippen molar-refractivity contribution in [3.8, 4) is 11.5 Å². The van der Waals surface area contributed by atoms with Gasteiger partial charge in [0, 0.05) is 33.2 Å². The molecule has 0 saturated carbocycles. The van der Waals surface area contributed by atoms with Gasteiger partial charge in [0.05, 0.1) is 11.5 Å². The number of rotatable bonds is 8. The van der Waals surface area contributed by atoms with Crippen molar-refractivity contribution in [3.63, 3.8) is 0 Å². The predicted octanol–water partition coefficient (Wildman–Crippen LogP) is 6.39. The Hall–Kier alpha value is -2.20. The summed E-state index contributed by atoms with van der Waals surface area (Å²) in [6.45, 7) is 3.53. The summed E-state index contributed by atoms with van der Waals surface area (Å²) in [5.41, 5.74) is 1.40. The number of ether oxygens (including phenoxy) is 2. The molecule has 2 aromatic carbocycles. The number of halogens is 3. The van der Waals surface area contributed by atoms with Gasteiger partial charge in [-0.05, 0) is 67.4 Å². The van der Waals surface area contributed by atoms with Gasteiger partial charge in [0.1, 0.15) is 13.2 Å². The van der Waals surface area contributed by atoms with E-state index >= 15 is 0 Å². The zero-order valence-electron chi connectivity index (χ0n) is 19.4. The molecule has 7 nitrogen and oxygen atoms in total. The number of carbonyl (C=O) groups is 3. The van der Waals surface area contributed by atoms with Crippen molar-refractivity contribution in [3.05, 3.63) is 60.9 Å². The molecule has 0 spiro atoms. The maximum atomic E-state index is 12.9. The minimum Gasteiger partial charge on any atom is -0.490 e. The van der Waals surface area contributed by atoms with E-state index < -0.39 is 11.1 Å². The Morgan fingerprint density at radius 2 is 1.83 bits per heavy atom.